The predicted molar refractivity (Wildman–Crippen MR) is 113 cm³/mol. The van der Waals surface area contributed by atoms with Crippen molar-refractivity contribution in [1.29, 1.82) is 0 Å². The van der Waals surface area contributed by atoms with E-state index in [1.54, 1.807) is 23.6 Å². The molecule has 2 aromatic rings. The highest BCUT2D eigenvalue weighted by Gasteiger charge is 2.20. The lowest BCUT2D eigenvalue weighted by molar-refractivity contribution is -0.152. The maximum Gasteiger partial charge on any atom is 0.307 e. The highest BCUT2D eigenvalue weighted by molar-refractivity contribution is 7.91. The standard InChI is InChI=1S/C20H26N2O5S2/c1-14(19(24)22-16-9-7-15(8-10-16)20(2,3)4)27-17(23)11-12-21-29(25,26)18-6-5-13-28-18/h5-10,13-14,21H,11-12H2,1-4H3,(H,22,24). The van der Waals surface area contributed by atoms with E-state index in [0.717, 1.165) is 16.9 Å². The molecule has 0 aliphatic heterocycles. The van der Waals surface area contributed by atoms with E-state index in [0.29, 0.717) is 5.69 Å². The first kappa shape index (κ1) is 23.1. The van der Waals surface area contributed by atoms with Gasteiger partial charge in [0.1, 0.15) is 4.21 Å². The summed E-state index contributed by atoms with van der Waals surface area (Å²) >= 11 is 1.09. The Hall–Kier alpha value is -2.23. The van der Waals surface area contributed by atoms with Crippen LogP contribution in [0.4, 0.5) is 5.69 Å². The second-order valence-corrected chi connectivity index (χ2v) is 10.5. The number of esters is 1. The molecular formula is C20H26N2O5S2. The van der Waals surface area contributed by atoms with Gasteiger partial charge in [0.25, 0.3) is 5.91 Å². The quantitative estimate of drug-likeness (QED) is 0.616. The molecule has 2 rings (SSSR count). The molecule has 1 atom stereocenters. The molecule has 1 aromatic heterocycles. The van der Waals surface area contributed by atoms with Gasteiger partial charge in [0.15, 0.2) is 6.10 Å². The molecule has 7 nitrogen and oxygen atoms in total. The molecule has 1 unspecified atom stereocenters. The summed E-state index contributed by atoms with van der Waals surface area (Å²) in [6.45, 7) is 7.65. The zero-order valence-electron chi connectivity index (χ0n) is 16.9. The molecule has 0 saturated heterocycles. The number of sulfonamides is 1. The fraction of sp³-hybridized carbons (Fsp3) is 0.400. The van der Waals surface area contributed by atoms with E-state index in [4.69, 9.17) is 4.74 Å². The third-order valence-electron chi connectivity index (χ3n) is 4.08. The molecular weight excluding hydrogens is 412 g/mol. The van der Waals surface area contributed by atoms with E-state index in [9.17, 15) is 18.0 Å². The van der Waals surface area contributed by atoms with Gasteiger partial charge in [0.2, 0.25) is 10.0 Å². The maximum atomic E-state index is 12.2. The third-order valence-corrected chi connectivity index (χ3v) is 6.94. The van der Waals surface area contributed by atoms with Gasteiger partial charge in [0, 0.05) is 12.2 Å². The Bertz CT molecular complexity index is 930. The van der Waals surface area contributed by atoms with E-state index in [2.05, 4.69) is 30.8 Å². The van der Waals surface area contributed by atoms with Crippen LogP contribution in [0.3, 0.4) is 0 Å². The van der Waals surface area contributed by atoms with Crippen molar-refractivity contribution in [3.05, 3.63) is 47.3 Å². The Labute approximate surface area is 175 Å². The van der Waals surface area contributed by atoms with Crippen LogP contribution in [0.5, 0.6) is 0 Å². The number of hydrogen-bond acceptors (Lipinski definition) is 6. The Kier molecular flexibility index (Phi) is 7.56. The normalized spacial score (nSPS) is 13.0. The van der Waals surface area contributed by atoms with Gasteiger partial charge in [-0.25, -0.2) is 13.1 Å². The van der Waals surface area contributed by atoms with E-state index < -0.39 is 28.0 Å². The number of anilines is 1. The number of benzene rings is 1. The van der Waals surface area contributed by atoms with Crippen molar-refractivity contribution in [2.45, 2.75) is 49.8 Å². The van der Waals surface area contributed by atoms with Crippen molar-refractivity contribution in [3.8, 4) is 0 Å². The number of nitrogens with one attached hydrogen (secondary N) is 2. The van der Waals surface area contributed by atoms with Crippen molar-refractivity contribution >= 4 is 38.9 Å². The predicted octanol–water partition coefficient (Wildman–Crippen LogP) is 3.28. The van der Waals surface area contributed by atoms with Crippen LogP contribution < -0.4 is 10.0 Å². The second kappa shape index (κ2) is 9.51. The Morgan fingerprint density at radius 1 is 1.14 bits per heavy atom. The lowest BCUT2D eigenvalue weighted by Gasteiger charge is -2.19. The minimum atomic E-state index is -3.63. The number of hydrogen-bond donors (Lipinski definition) is 2. The summed E-state index contributed by atoms with van der Waals surface area (Å²) in [4.78, 5) is 24.1. The Balaban J connectivity index is 1.79. The molecule has 0 radical (unpaired) electrons. The molecule has 0 aliphatic carbocycles. The summed E-state index contributed by atoms with van der Waals surface area (Å²) in [6, 6.07) is 10.6. The summed E-state index contributed by atoms with van der Waals surface area (Å²) in [5, 5.41) is 4.35. The van der Waals surface area contributed by atoms with Crippen molar-refractivity contribution in [1.82, 2.24) is 4.72 Å². The molecule has 2 N–H and O–H groups in total. The molecule has 1 amide bonds. The number of rotatable bonds is 8. The minimum Gasteiger partial charge on any atom is -0.452 e. The molecule has 0 aliphatic rings. The average Bonchev–Trinajstić information content (AvgIpc) is 3.16. The van der Waals surface area contributed by atoms with E-state index >= 15 is 0 Å². The fourth-order valence-corrected chi connectivity index (χ4v) is 4.45. The van der Waals surface area contributed by atoms with Gasteiger partial charge in [-0.05, 0) is 41.5 Å². The molecule has 1 aromatic carbocycles. The highest BCUT2D eigenvalue weighted by atomic mass is 32.2. The largest absolute Gasteiger partial charge is 0.452 e. The van der Waals surface area contributed by atoms with Crippen LogP contribution in [-0.4, -0.2) is 32.9 Å². The van der Waals surface area contributed by atoms with Gasteiger partial charge in [0.05, 0.1) is 6.42 Å². The molecule has 0 spiro atoms. The van der Waals surface area contributed by atoms with Crippen LogP contribution in [0.15, 0.2) is 46.0 Å². The van der Waals surface area contributed by atoms with Gasteiger partial charge in [-0.3, -0.25) is 9.59 Å². The SMILES string of the molecule is CC(OC(=O)CCNS(=O)(=O)c1cccs1)C(=O)Nc1ccc(C(C)(C)C)cc1. The Morgan fingerprint density at radius 3 is 2.34 bits per heavy atom. The summed E-state index contributed by atoms with van der Waals surface area (Å²) in [5.41, 5.74) is 1.76. The summed E-state index contributed by atoms with van der Waals surface area (Å²) < 4.78 is 31.5. The lowest BCUT2D eigenvalue weighted by atomic mass is 9.87. The van der Waals surface area contributed by atoms with E-state index in [1.807, 2.05) is 12.1 Å². The molecule has 0 bridgehead atoms. The maximum absolute atomic E-state index is 12.2. The third kappa shape index (κ3) is 6.95. The summed E-state index contributed by atoms with van der Waals surface area (Å²) in [6.07, 6.45) is -1.18. The van der Waals surface area contributed by atoms with Crippen LogP contribution in [-0.2, 0) is 29.8 Å². The monoisotopic (exact) mass is 438 g/mol. The van der Waals surface area contributed by atoms with Crippen LogP contribution in [0, 0.1) is 0 Å². The number of carbonyl (C=O) groups is 2. The van der Waals surface area contributed by atoms with Crippen molar-refractivity contribution in [2.24, 2.45) is 0 Å². The van der Waals surface area contributed by atoms with E-state index in [1.165, 1.54) is 13.0 Å². The van der Waals surface area contributed by atoms with E-state index in [-0.39, 0.29) is 22.6 Å². The van der Waals surface area contributed by atoms with Crippen molar-refractivity contribution in [2.75, 3.05) is 11.9 Å². The van der Waals surface area contributed by atoms with Crippen molar-refractivity contribution in [3.63, 3.8) is 0 Å². The smallest absolute Gasteiger partial charge is 0.307 e. The van der Waals surface area contributed by atoms with Crippen LogP contribution in [0.1, 0.15) is 39.7 Å². The molecule has 9 heteroatoms. The second-order valence-electron chi connectivity index (χ2n) is 7.53. The molecule has 158 valence electrons. The minimum absolute atomic E-state index is 0.0103. The number of carbonyl (C=O) groups excluding carboxylic acids is 2. The number of amides is 1. The van der Waals surface area contributed by atoms with Gasteiger partial charge in [-0.2, -0.15) is 0 Å². The number of thiophene rings is 1. The summed E-state index contributed by atoms with van der Waals surface area (Å²) in [7, 11) is -3.63. The molecule has 29 heavy (non-hydrogen) atoms. The summed E-state index contributed by atoms with van der Waals surface area (Å²) in [5.74, 6) is -1.12. The molecule has 0 saturated carbocycles. The van der Waals surface area contributed by atoms with Gasteiger partial charge >= 0.3 is 5.97 Å². The van der Waals surface area contributed by atoms with Gasteiger partial charge in [-0.15, -0.1) is 11.3 Å². The zero-order chi connectivity index (χ0) is 21.7. The van der Waals surface area contributed by atoms with Gasteiger partial charge < -0.3 is 10.1 Å². The first-order valence-electron chi connectivity index (χ1n) is 9.13. The van der Waals surface area contributed by atoms with Crippen LogP contribution in [0.25, 0.3) is 0 Å². The number of ether oxygens (including phenoxy) is 1. The van der Waals surface area contributed by atoms with Crippen molar-refractivity contribution < 1.29 is 22.7 Å². The van der Waals surface area contributed by atoms with Crippen LogP contribution >= 0.6 is 11.3 Å². The highest BCUT2D eigenvalue weighted by Crippen LogP contribution is 2.23. The van der Waals surface area contributed by atoms with Gasteiger partial charge in [-0.1, -0.05) is 39.0 Å². The lowest BCUT2D eigenvalue weighted by Crippen LogP contribution is -2.32. The Morgan fingerprint density at radius 2 is 1.79 bits per heavy atom. The average molecular weight is 439 g/mol. The molecule has 1 heterocycles. The zero-order valence-corrected chi connectivity index (χ0v) is 18.5. The molecule has 0 fully saturated rings. The van der Waals surface area contributed by atoms with Crippen LogP contribution in [0.2, 0.25) is 0 Å². The topological polar surface area (TPSA) is 102 Å². The first-order chi connectivity index (χ1) is 13.5. The first-order valence-corrected chi connectivity index (χ1v) is 11.5. The fourth-order valence-electron chi connectivity index (χ4n) is 2.38.